The zero-order chi connectivity index (χ0) is 18.6. The van der Waals surface area contributed by atoms with E-state index in [9.17, 15) is 4.79 Å². The molecule has 0 saturated carbocycles. The van der Waals surface area contributed by atoms with E-state index in [2.05, 4.69) is 17.4 Å². The van der Waals surface area contributed by atoms with E-state index in [4.69, 9.17) is 14.9 Å². The number of ether oxygens (including phenoxy) is 2. The first-order chi connectivity index (χ1) is 12.8. The number of Topliss-reactive ketones (excluding diaryl/α,β-unsaturated/α-hetero) is 1. The van der Waals surface area contributed by atoms with Crippen LogP contribution in [0.1, 0.15) is 6.92 Å². The van der Waals surface area contributed by atoms with E-state index < -0.39 is 21.2 Å². The van der Waals surface area contributed by atoms with E-state index in [0.717, 1.165) is 0 Å². The molecule has 0 amide bonds. The second-order valence-electron chi connectivity index (χ2n) is 5.55. The zero-order valence-corrected chi connectivity index (χ0v) is 17.3. The van der Waals surface area contributed by atoms with Crippen LogP contribution in [0.25, 0.3) is 5.32 Å². The van der Waals surface area contributed by atoms with Gasteiger partial charge in [0.05, 0.1) is 6.61 Å². The summed E-state index contributed by atoms with van der Waals surface area (Å²) in [5.74, 6) is 0.274. The quantitative estimate of drug-likeness (QED) is 0.114. The number of hydrogen-bond donors (Lipinski definition) is 1. The van der Waals surface area contributed by atoms with Crippen LogP contribution in [0.3, 0.4) is 0 Å². The highest BCUT2D eigenvalue weighted by Gasteiger charge is 2.26. The molecule has 142 valence electrons. The highest BCUT2D eigenvalue weighted by atomic mass is 127. The Morgan fingerprint density at radius 3 is 2.65 bits per heavy atom. The molecule has 0 atom stereocenters. The van der Waals surface area contributed by atoms with E-state index in [1.807, 2.05) is 30.0 Å². The maximum Gasteiger partial charge on any atom is 0.322 e. The van der Waals surface area contributed by atoms with Crippen molar-refractivity contribution >= 4 is 12.0 Å². The lowest BCUT2D eigenvalue weighted by Crippen LogP contribution is -3.63. The molecule has 1 aliphatic heterocycles. The van der Waals surface area contributed by atoms with Crippen molar-refractivity contribution in [2.24, 2.45) is 0 Å². The third-order valence-corrected chi connectivity index (χ3v) is 6.45. The number of carbonyl (C=O) groups excluding carboxylic acids is 1. The fourth-order valence-corrected chi connectivity index (χ4v) is 4.55. The second kappa shape index (κ2) is 12.0. The summed E-state index contributed by atoms with van der Waals surface area (Å²) in [6, 6.07) is 10.1. The van der Waals surface area contributed by atoms with Gasteiger partial charge >= 0.3 is 21.2 Å². The molecule has 6 nitrogen and oxygen atoms in total. The Labute approximate surface area is 165 Å². The first-order valence-corrected chi connectivity index (χ1v) is 11.4. The number of alkyl halides is 1. The Morgan fingerprint density at radius 1 is 1.27 bits per heavy atom. The monoisotopic (exact) mass is 471 g/mol. The first-order valence-electron chi connectivity index (χ1n) is 8.77. The highest BCUT2D eigenvalue weighted by molar-refractivity contribution is 5.99. The maximum atomic E-state index is 12.9. The van der Waals surface area contributed by atoms with Crippen molar-refractivity contribution in [3.63, 3.8) is 0 Å². The van der Waals surface area contributed by atoms with Gasteiger partial charge in [-0.25, -0.2) is 0 Å². The van der Waals surface area contributed by atoms with Gasteiger partial charge in [-0.2, -0.15) is 0 Å². The Morgan fingerprint density at radius 2 is 2.00 bits per heavy atom. The van der Waals surface area contributed by atoms with E-state index >= 15 is 0 Å². The molecule has 1 aromatic carbocycles. The van der Waals surface area contributed by atoms with Crippen molar-refractivity contribution in [1.29, 1.82) is 5.41 Å². The van der Waals surface area contributed by atoms with Gasteiger partial charge in [0.25, 0.3) is 0 Å². The summed E-state index contributed by atoms with van der Waals surface area (Å²) in [4.78, 5) is 14.9. The van der Waals surface area contributed by atoms with Crippen LogP contribution in [-0.4, -0.2) is 67.3 Å². The van der Waals surface area contributed by atoms with Gasteiger partial charge in [0, 0.05) is 12.8 Å². The minimum absolute atomic E-state index is 0.0286. The minimum atomic E-state index is -0.427. The summed E-state index contributed by atoms with van der Waals surface area (Å²) in [6.07, 6.45) is 1.24. The number of halogens is 1. The van der Waals surface area contributed by atoms with Gasteiger partial charge < -0.3 is 25.1 Å². The van der Waals surface area contributed by atoms with Crippen LogP contribution in [0, 0.1) is 8.98 Å². The van der Waals surface area contributed by atoms with Crippen molar-refractivity contribution in [3.05, 3.63) is 50.7 Å². The van der Waals surface area contributed by atoms with Gasteiger partial charge in [-0.05, 0) is 32.1 Å². The van der Waals surface area contributed by atoms with E-state index in [1.165, 1.54) is 9.78 Å². The van der Waals surface area contributed by atoms with Gasteiger partial charge in [-0.1, -0.05) is 18.2 Å². The maximum absolute atomic E-state index is 12.9. The standard InChI is InChI=1S/C19H26IN3O3/c1-2-25-12-13-26-19(17(15-21)23-10-8-22-9-11-23)18(24)14-20-16-6-4-3-5-7-16/h3-7,15,21H,2,8-14H2,1H3/b19-17-,21-15?. The predicted molar refractivity (Wildman–Crippen MR) is 97.9 cm³/mol. The molecule has 0 aromatic heterocycles. The lowest BCUT2D eigenvalue weighted by atomic mass is 10.2. The average Bonchev–Trinajstić information content (AvgIpc) is 2.70. The van der Waals surface area contributed by atoms with Gasteiger partial charge in [0.1, 0.15) is 12.3 Å². The van der Waals surface area contributed by atoms with Crippen LogP contribution < -0.4 is 21.2 Å². The summed E-state index contributed by atoms with van der Waals surface area (Å²) in [5.41, 5.74) is 0.568. The summed E-state index contributed by atoms with van der Waals surface area (Å²) >= 11 is -0.427. The molecular weight excluding hydrogens is 445 g/mol. The number of benzene rings is 1. The molecule has 0 bridgehead atoms. The zero-order valence-electron chi connectivity index (χ0n) is 15.1. The Kier molecular flexibility index (Phi) is 9.65. The van der Waals surface area contributed by atoms with E-state index in [1.54, 1.807) is 0 Å². The Hall–Kier alpha value is -1.45. The number of nitrogens with one attached hydrogen (secondary N) is 1. The summed E-state index contributed by atoms with van der Waals surface area (Å²) in [5, 5.41) is 12.2. The van der Waals surface area contributed by atoms with Crippen LogP contribution in [0.4, 0.5) is 0 Å². The molecule has 1 fully saturated rings. The fraction of sp³-hybridized carbons (Fsp3) is 0.474. The molecule has 0 aliphatic carbocycles. The molecule has 1 saturated heterocycles. The largest absolute Gasteiger partial charge is 0.659 e. The van der Waals surface area contributed by atoms with Crippen LogP contribution in [0.2, 0.25) is 0 Å². The van der Waals surface area contributed by atoms with Crippen molar-refractivity contribution in [2.45, 2.75) is 6.92 Å². The molecule has 1 N–H and O–H groups in total. The molecule has 26 heavy (non-hydrogen) atoms. The molecule has 7 heteroatoms. The number of hydrogen-bond acceptors (Lipinski definition) is 5. The predicted octanol–water partition coefficient (Wildman–Crippen LogP) is -0.882. The number of nitrogens with zero attached hydrogens (tertiary/aromatic N) is 2. The Balaban J connectivity index is 2.10. The van der Waals surface area contributed by atoms with Crippen LogP contribution in [0.15, 0.2) is 41.8 Å². The molecule has 1 heterocycles. The third-order valence-electron chi connectivity index (χ3n) is 3.77. The number of carbonyl (C=O) groups is 1. The molecule has 0 radical (unpaired) electrons. The summed E-state index contributed by atoms with van der Waals surface area (Å²) in [6.45, 7) is 6.14. The van der Waals surface area contributed by atoms with Gasteiger partial charge in [0.2, 0.25) is 10.2 Å². The van der Waals surface area contributed by atoms with Crippen molar-refractivity contribution in [3.8, 4) is 0 Å². The van der Waals surface area contributed by atoms with Gasteiger partial charge in [0.15, 0.2) is 9.33 Å². The van der Waals surface area contributed by atoms with E-state index in [0.29, 0.717) is 61.9 Å². The molecule has 2 rings (SSSR count). The lowest BCUT2D eigenvalue weighted by Gasteiger charge is -2.37. The number of rotatable bonds is 11. The molecule has 0 spiro atoms. The van der Waals surface area contributed by atoms with Crippen LogP contribution in [0.5, 0.6) is 0 Å². The second-order valence-corrected chi connectivity index (χ2v) is 8.32. The summed E-state index contributed by atoms with van der Waals surface area (Å²) < 4.78 is 12.8. The average molecular weight is 471 g/mol. The van der Waals surface area contributed by atoms with Crippen molar-refractivity contribution in [2.75, 3.05) is 50.4 Å². The lowest BCUT2D eigenvalue weighted by molar-refractivity contribution is -0.615. The number of allylic oxidation sites excluding steroid dienone is 2. The smallest absolute Gasteiger partial charge is 0.322 e. The fourth-order valence-electron chi connectivity index (χ4n) is 2.49. The van der Waals surface area contributed by atoms with Crippen molar-refractivity contribution < 1.29 is 35.5 Å². The number of ketones is 1. The van der Waals surface area contributed by atoms with Crippen molar-refractivity contribution in [1.82, 2.24) is 4.90 Å². The molecule has 1 aromatic rings. The first kappa shape index (κ1) is 20.9. The van der Waals surface area contributed by atoms with Crippen LogP contribution in [-0.2, 0) is 14.3 Å². The highest BCUT2D eigenvalue weighted by Crippen LogP contribution is 2.14. The van der Waals surface area contributed by atoms with Crippen LogP contribution >= 0.6 is 0 Å². The Bertz CT molecular complexity index is 601. The molecule has 0 unspecified atom stereocenters. The SMILES string of the molecule is CCOCCO/C(C(=O)C[I+]c1ccccc1)=C(/C=N)N1CC[N-]CC1. The molecule has 1 aliphatic rings. The normalized spacial score (nSPS) is 15.3. The molecular formula is C19H26IN3O3. The third kappa shape index (κ3) is 6.69. The summed E-state index contributed by atoms with van der Waals surface area (Å²) in [7, 11) is 0. The van der Waals surface area contributed by atoms with E-state index in [-0.39, 0.29) is 5.78 Å². The van der Waals surface area contributed by atoms with Gasteiger partial charge in [-0.15, -0.1) is 13.1 Å². The number of piperazine rings is 1. The minimum Gasteiger partial charge on any atom is -0.659 e. The van der Waals surface area contributed by atoms with Gasteiger partial charge in [-0.3, -0.25) is 4.79 Å². The topological polar surface area (TPSA) is 76.7 Å².